The molecule has 0 saturated carbocycles. The van der Waals surface area contributed by atoms with Gasteiger partial charge in [0.15, 0.2) is 5.69 Å². The van der Waals surface area contributed by atoms with Crippen molar-refractivity contribution in [2.45, 2.75) is 38.6 Å². The fourth-order valence-electron chi connectivity index (χ4n) is 4.98. The largest absolute Gasteiger partial charge is 0.497 e. The summed E-state index contributed by atoms with van der Waals surface area (Å²) in [5.74, 6) is 6.83. The Hall–Kier alpha value is -3.77. The summed E-state index contributed by atoms with van der Waals surface area (Å²) >= 11 is 0. The van der Waals surface area contributed by atoms with E-state index in [4.69, 9.17) is 15.6 Å². The number of methoxy groups -OCH3 is 1. The van der Waals surface area contributed by atoms with Gasteiger partial charge in [-0.15, -0.1) is 0 Å². The Kier molecular flexibility index (Phi) is 8.51. The van der Waals surface area contributed by atoms with Crippen LogP contribution in [0.1, 0.15) is 59.4 Å². The average molecular weight is 505 g/mol. The van der Waals surface area contributed by atoms with E-state index in [1.165, 1.54) is 18.9 Å². The number of amides is 2. The average Bonchev–Trinajstić information content (AvgIpc) is 3.67. The highest BCUT2D eigenvalue weighted by molar-refractivity contribution is 6.00. The summed E-state index contributed by atoms with van der Waals surface area (Å²) in [5, 5.41) is 8.18. The van der Waals surface area contributed by atoms with Gasteiger partial charge < -0.3 is 25.6 Å². The Labute approximate surface area is 218 Å². The van der Waals surface area contributed by atoms with Crippen LogP contribution in [0.15, 0.2) is 30.9 Å². The number of carbonyl (C=O) groups excluding carboxylic acids is 2. The van der Waals surface area contributed by atoms with Crippen molar-refractivity contribution in [2.75, 3.05) is 51.7 Å². The summed E-state index contributed by atoms with van der Waals surface area (Å²) in [6.45, 7) is 10.4. The van der Waals surface area contributed by atoms with Crippen molar-refractivity contribution < 1.29 is 14.3 Å². The van der Waals surface area contributed by atoms with Gasteiger partial charge in [-0.1, -0.05) is 19.4 Å². The minimum Gasteiger partial charge on any atom is -0.497 e. The number of benzene rings is 1. The van der Waals surface area contributed by atoms with Gasteiger partial charge >= 0.3 is 0 Å². The molecule has 2 amide bonds. The van der Waals surface area contributed by atoms with Gasteiger partial charge in [0.1, 0.15) is 17.1 Å². The van der Waals surface area contributed by atoms with Gasteiger partial charge in [0.05, 0.1) is 13.2 Å². The topological polar surface area (TPSA) is 106 Å². The van der Waals surface area contributed by atoms with E-state index >= 15 is 0 Å². The Morgan fingerprint density at radius 2 is 2.03 bits per heavy atom. The highest BCUT2D eigenvalue weighted by Gasteiger charge is 2.31. The van der Waals surface area contributed by atoms with Gasteiger partial charge in [-0.2, -0.15) is 5.10 Å². The van der Waals surface area contributed by atoms with E-state index in [1.807, 2.05) is 18.2 Å². The van der Waals surface area contributed by atoms with Crippen LogP contribution in [0.2, 0.25) is 0 Å². The molecule has 0 aliphatic carbocycles. The molecule has 196 valence electrons. The molecule has 1 atom stereocenters. The first-order valence-corrected chi connectivity index (χ1v) is 12.9. The van der Waals surface area contributed by atoms with E-state index in [0.717, 1.165) is 42.9 Å². The molecule has 2 saturated heterocycles. The van der Waals surface area contributed by atoms with Crippen molar-refractivity contribution in [3.63, 3.8) is 0 Å². The number of nitrogens with one attached hydrogen (secondary N) is 1. The van der Waals surface area contributed by atoms with Gasteiger partial charge in [0, 0.05) is 31.7 Å². The number of nitrogens with two attached hydrogens (primary N) is 1. The third-order valence-corrected chi connectivity index (χ3v) is 7.01. The molecule has 3 heterocycles. The van der Waals surface area contributed by atoms with Crippen LogP contribution in [0, 0.1) is 11.8 Å². The van der Waals surface area contributed by atoms with Crippen molar-refractivity contribution in [3.8, 4) is 17.6 Å². The highest BCUT2D eigenvalue weighted by Crippen LogP contribution is 2.29. The smallest absolute Gasteiger partial charge is 0.255 e. The van der Waals surface area contributed by atoms with Crippen LogP contribution in [-0.4, -0.2) is 77.8 Å². The SMILES string of the molecule is C=CC(=O)N1CC[C@H](n2nc(C#Cc3cc(CC)cc(OC)c3)c(C(N)=O)c2NCCN2CCCC2)C1. The monoisotopic (exact) mass is 504 g/mol. The van der Waals surface area contributed by atoms with E-state index in [-0.39, 0.29) is 17.5 Å². The molecule has 37 heavy (non-hydrogen) atoms. The normalized spacial score (nSPS) is 17.4. The fourth-order valence-corrected chi connectivity index (χ4v) is 4.98. The standard InChI is InChI=1S/C28H36N6O3/c1-4-20-16-21(18-23(17-20)37-3)8-9-24-26(27(29)36)28(30-11-15-32-12-6-7-13-32)34(31-24)22-10-14-33(19-22)25(35)5-2/h5,16-18,22,30H,2,4,6-7,10-15,19H2,1,3H3,(H2,29,36)/t22-/m0/s1. The maximum absolute atomic E-state index is 12.7. The third-order valence-electron chi connectivity index (χ3n) is 7.01. The molecular formula is C28H36N6O3. The molecule has 0 bridgehead atoms. The Balaban J connectivity index is 1.69. The summed E-state index contributed by atoms with van der Waals surface area (Å²) in [4.78, 5) is 29.0. The Morgan fingerprint density at radius 3 is 2.70 bits per heavy atom. The summed E-state index contributed by atoms with van der Waals surface area (Å²) in [6, 6.07) is 5.74. The second kappa shape index (κ2) is 12.0. The number of anilines is 1. The van der Waals surface area contributed by atoms with Gasteiger partial charge in [0.25, 0.3) is 5.91 Å². The summed E-state index contributed by atoms with van der Waals surface area (Å²) in [7, 11) is 1.63. The highest BCUT2D eigenvalue weighted by atomic mass is 16.5. The first kappa shape index (κ1) is 26.3. The van der Waals surface area contributed by atoms with Crippen molar-refractivity contribution >= 4 is 17.6 Å². The van der Waals surface area contributed by atoms with E-state index in [2.05, 4.69) is 35.6 Å². The molecule has 1 aromatic heterocycles. The Bertz CT molecular complexity index is 1200. The van der Waals surface area contributed by atoms with Gasteiger partial charge in [-0.3, -0.25) is 9.59 Å². The van der Waals surface area contributed by atoms with Crippen molar-refractivity contribution in [2.24, 2.45) is 5.73 Å². The number of nitrogens with zero attached hydrogens (tertiary/aromatic N) is 4. The maximum Gasteiger partial charge on any atom is 0.255 e. The predicted octanol–water partition coefficient (Wildman–Crippen LogP) is 2.42. The van der Waals surface area contributed by atoms with Crippen LogP contribution >= 0.6 is 0 Å². The van der Waals surface area contributed by atoms with Gasteiger partial charge in [0.2, 0.25) is 5.91 Å². The van der Waals surface area contributed by atoms with Crippen LogP contribution < -0.4 is 15.8 Å². The molecule has 0 radical (unpaired) electrons. The van der Waals surface area contributed by atoms with Crippen LogP contribution in [-0.2, 0) is 11.2 Å². The zero-order valence-electron chi connectivity index (χ0n) is 21.8. The lowest BCUT2D eigenvalue weighted by atomic mass is 10.1. The van der Waals surface area contributed by atoms with Crippen molar-refractivity contribution in [3.05, 3.63) is 53.2 Å². The number of aryl methyl sites for hydroxylation is 1. The summed E-state index contributed by atoms with van der Waals surface area (Å²) in [5.41, 5.74) is 8.35. The zero-order chi connectivity index (χ0) is 26.4. The molecule has 2 aliphatic heterocycles. The molecule has 1 aromatic carbocycles. The lowest BCUT2D eigenvalue weighted by molar-refractivity contribution is -0.125. The Morgan fingerprint density at radius 1 is 1.24 bits per heavy atom. The minimum atomic E-state index is -0.587. The number of carbonyl (C=O) groups is 2. The number of aromatic nitrogens is 2. The van der Waals surface area contributed by atoms with E-state index in [9.17, 15) is 9.59 Å². The summed E-state index contributed by atoms with van der Waals surface area (Å²) < 4.78 is 7.21. The van der Waals surface area contributed by atoms with E-state index < -0.39 is 5.91 Å². The molecule has 0 spiro atoms. The van der Waals surface area contributed by atoms with Crippen LogP contribution in [0.5, 0.6) is 5.75 Å². The molecule has 9 nitrogen and oxygen atoms in total. The maximum atomic E-state index is 12.7. The second-order valence-electron chi connectivity index (χ2n) is 9.46. The van der Waals surface area contributed by atoms with Crippen LogP contribution in [0.25, 0.3) is 0 Å². The van der Waals surface area contributed by atoms with Gasteiger partial charge in [-0.25, -0.2) is 4.68 Å². The molecule has 2 fully saturated rings. The first-order valence-electron chi connectivity index (χ1n) is 12.9. The first-order chi connectivity index (χ1) is 17.9. The lowest BCUT2D eigenvalue weighted by Gasteiger charge is -2.19. The summed E-state index contributed by atoms with van der Waals surface area (Å²) in [6.07, 6.45) is 5.31. The van der Waals surface area contributed by atoms with E-state index in [0.29, 0.717) is 37.6 Å². The molecule has 2 aromatic rings. The van der Waals surface area contributed by atoms with E-state index in [1.54, 1.807) is 16.7 Å². The number of likely N-dealkylation sites (tertiary alicyclic amines) is 2. The number of hydrogen-bond acceptors (Lipinski definition) is 6. The number of primary amides is 1. The minimum absolute atomic E-state index is 0.102. The predicted molar refractivity (Wildman–Crippen MR) is 144 cm³/mol. The lowest BCUT2D eigenvalue weighted by Crippen LogP contribution is -2.29. The molecular weight excluding hydrogens is 468 g/mol. The number of ether oxygens (including phenoxy) is 1. The number of rotatable bonds is 9. The zero-order valence-corrected chi connectivity index (χ0v) is 21.8. The number of hydrogen-bond donors (Lipinski definition) is 2. The molecule has 2 aliphatic rings. The van der Waals surface area contributed by atoms with Gasteiger partial charge in [-0.05, 0) is 74.5 Å². The molecule has 9 heteroatoms. The quantitative estimate of drug-likeness (QED) is 0.401. The second-order valence-corrected chi connectivity index (χ2v) is 9.46. The van der Waals surface area contributed by atoms with Crippen LogP contribution in [0.4, 0.5) is 5.82 Å². The fraction of sp³-hybridized carbons (Fsp3) is 0.464. The molecule has 4 rings (SSSR count). The van der Waals surface area contributed by atoms with Crippen molar-refractivity contribution in [1.82, 2.24) is 19.6 Å². The third kappa shape index (κ3) is 6.15. The molecule has 3 N–H and O–H groups in total. The molecule has 0 unspecified atom stereocenters. The van der Waals surface area contributed by atoms with Crippen molar-refractivity contribution in [1.29, 1.82) is 0 Å². The van der Waals surface area contributed by atoms with Crippen LogP contribution in [0.3, 0.4) is 0 Å².